The lowest BCUT2D eigenvalue weighted by Crippen LogP contribution is -2.41. The first-order valence-electron chi connectivity index (χ1n) is 12.5. The standard InChI is InChI=1S/C26H34N6O5/c1-5-11-37-12-10-32-21-13-19(18-6-7-22(36-4)27-14-18)15-28-24(21)29-25(26(32)34)30(2)17-23(33)31-9-8-20(16-31)35-3/h6-7,13-15,20H,5,8-12,16-17H2,1-4H3. The monoisotopic (exact) mass is 510 g/mol. The summed E-state index contributed by atoms with van der Waals surface area (Å²) in [4.78, 5) is 43.2. The van der Waals surface area contributed by atoms with E-state index >= 15 is 0 Å². The number of ether oxygens (including phenoxy) is 3. The Hall–Kier alpha value is -3.57. The Balaban J connectivity index is 1.66. The van der Waals surface area contributed by atoms with Gasteiger partial charge in [0.1, 0.15) is 0 Å². The lowest BCUT2D eigenvalue weighted by atomic mass is 10.1. The summed E-state index contributed by atoms with van der Waals surface area (Å²) in [6, 6.07) is 5.53. The van der Waals surface area contributed by atoms with Crippen LogP contribution in [-0.4, -0.2) is 90.5 Å². The van der Waals surface area contributed by atoms with E-state index in [9.17, 15) is 9.59 Å². The molecule has 1 aliphatic rings. The van der Waals surface area contributed by atoms with Gasteiger partial charge in [-0.1, -0.05) is 6.92 Å². The van der Waals surface area contributed by atoms with E-state index in [4.69, 9.17) is 14.2 Å². The number of pyridine rings is 2. The molecular formula is C26H34N6O5. The Bertz CT molecular complexity index is 1280. The van der Waals surface area contributed by atoms with Crippen molar-refractivity contribution in [2.24, 2.45) is 0 Å². The van der Waals surface area contributed by atoms with Crippen LogP contribution in [0.1, 0.15) is 19.8 Å². The lowest BCUT2D eigenvalue weighted by molar-refractivity contribution is -0.129. The van der Waals surface area contributed by atoms with Crippen LogP contribution in [0.15, 0.2) is 35.4 Å². The Kier molecular flexibility index (Phi) is 8.67. The number of likely N-dealkylation sites (N-methyl/N-ethyl adjacent to an activating group) is 1. The van der Waals surface area contributed by atoms with Gasteiger partial charge in [0, 0.05) is 70.0 Å². The van der Waals surface area contributed by atoms with Crippen molar-refractivity contribution >= 4 is 22.9 Å². The summed E-state index contributed by atoms with van der Waals surface area (Å²) in [5.74, 6) is 0.611. The third kappa shape index (κ3) is 6.05. The number of likely N-dealkylation sites (tertiary alicyclic amines) is 1. The summed E-state index contributed by atoms with van der Waals surface area (Å²) in [6.07, 6.45) is 5.14. The SMILES string of the molecule is CCCOCCn1c(=O)c(N(C)CC(=O)N2CCC(OC)C2)nc2ncc(-c3ccc(OC)nc3)cc21. The fraction of sp³-hybridized carbons (Fsp3) is 0.500. The molecule has 0 bridgehead atoms. The van der Waals surface area contributed by atoms with Gasteiger partial charge in [-0.25, -0.2) is 15.0 Å². The number of hydrogen-bond acceptors (Lipinski definition) is 9. The topological polar surface area (TPSA) is 112 Å². The average Bonchev–Trinajstić information content (AvgIpc) is 3.41. The van der Waals surface area contributed by atoms with Crippen LogP contribution >= 0.6 is 0 Å². The van der Waals surface area contributed by atoms with Crippen molar-refractivity contribution in [1.82, 2.24) is 24.4 Å². The zero-order valence-electron chi connectivity index (χ0n) is 21.8. The highest BCUT2D eigenvalue weighted by molar-refractivity contribution is 5.82. The third-order valence-corrected chi connectivity index (χ3v) is 6.44. The molecule has 11 heteroatoms. The second kappa shape index (κ2) is 12.1. The van der Waals surface area contributed by atoms with Crippen LogP contribution in [-0.2, 0) is 20.8 Å². The molecule has 0 saturated carbocycles. The molecule has 1 unspecified atom stereocenters. The number of fused-ring (bicyclic) bond motifs is 1. The molecule has 11 nitrogen and oxygen atoms in total. The van der Waals surface area contributed by atoms with Crippen molar-refractivity contribution in [2.45, 2.75) is 32.4 Å². The first kappa shape index (κ1) is 26.5. The van der Waals surface area contributed by atoms with Crippen LogP contribution < -0.4 is 15.2 Å². The van der Waals surface area contributed by atoms with E-state index < -0.39 is 0 Å². The number of amides is 1. The number of anilines is 1. The molecule has 0 aromatic carbocycles. The maximum Gasteiger partial charge on any atom is 0.294 e. The fourth-order valence-corrected chi connectivity index (χ4v) is 4.34. The van der Waals surface area contributed by atoms with Gasteiger partial charge in [-0.15, -0.1) is 0 Å². The second-order valence-corrected chi connectivity index (χ2v) is 9.00. The van der Waals surface area contributed by atoms with Crippen LogP contribution in [0.2, 0.25) is 0 Å². The van der Waals surface area contributed by atoms with Crippen LogP contribution in [0.25, 0.3) is 22.3 Å². The molecule has 0 aliphatic carbocycles. The van der Waals surface area contributed by atoms with Crippen molar-refractivity contribution in [1.29, 1.82) is 0 Å². The summed E-state index contributed by atoms with van der Waals surface area (Å²) in [6.45, 7) is 4.57. The third-order valence-electron chi connectivity index (χ3n) is 6.44. The number of carbonyl (C=O) groups excluding carboxylic acids is 1. The molecule has 3 aromatic rings. The maximum atomic E-state index is 13.6. The first-order chi connectivity index (χ1) is 17.9. The number of rotatable bonds is 11. The summed E-state index contributed by atoms with van der Waals surface area (Å²) >= 11 is 0. The molecule has 37 heavy (non-hydrogen) atoms. The minimum Gasteiger partial charge on any atom is -0.481 e. The van der Waals surface area contributed by atoms with Crippen molar-refractivity contribution in [3.8, 4) is 17.0 Å². The molecule has 1 amide bonds. The number of nitrogens with zero attached hydrogens (tertiary/aromatic N) is 6. The van der Waals surface area contributed by atoms with Crippen molar-refractivity contribution in [3.05, 3.63) is 40.9 Å². The van der Waals surface area contributed by atoms with E-state index in [1.807, 2.05) is 19.1 Å². The Labute approximate surface area is 216 Å². The molecule has 4 heterocycles. The Morgan fingerprint density at radius 2 is 1.97 bits per heavy atom. The number of aromatic nitrogens is 4. The quantitative estimate of drug-likeness (QED) is 0.357. The Morgan fingerprint density at radius 3 is 2.65 bits per heavy atom. The van der Waals surface area contributed by atoms with Gasteiger partial charge in [-0.3, -0.25) is 14.2 Å². The second-order valence-electron chi connectivity index (χ2n) is 9.00. The predicted molar refractivity (Wildman–Crippen MR) is 140 cm³/mol. The van der Waals surface area contributed by atoms with Crippen molar-refractivity contribution < 1.29 is 19.0 Å². The number of carbonyl (C=O) groups is 1. The van der Waals surface area contributed by atoms with E-state index in [1.165, 1.54) is 0 Å². The van der Waals surface area contributed by atoms with E-state index in [-0.39, 0.29) is 29.9 Å². The van der Waals surface area contributed by atoms with Crippen molar-refractivity contribution in [2.75, 3.05) is 59.0 Å². The smallest absolute Gasteiger partial charge is 0.294 e. The van der Waals surface area contributed by atoms with Gasteiger partial charge >= 0.3 is 0 Å². The average molecular weight is 511 g/mol. The zero-order valence-corrected chi connectivity index (χ0v) is 21.8. The van der Waals surface area contributed by atoms with Gasteiger partial charge in [0.15, 0.2) is 11.5 Å². The van der Waals surface area contributed by atoms with Gasteiger partial charge in [-0.05, 0) is 25.0 Å². The molecule has 0 radical (unpaired) electrons. The summed E-state index contributed by atoms with van der Waals surface area (Å²) in [5, 5.41) is 0. The highest BCUT2D eigenvalue weighted by atomic mass is 16.5. The number of methoxy groups -OCH3 is 2. The minimum atomic E-state index is -0.300. The molecule has 1 saturated heterocycles. The van der Waals surface area contributed by atoms with E-state index in [0.717, 1.165) is 24.0 Å². The molecule has 0 spiro atoms. The zero-order chi connectivity index (χ0) is 26.4. The molecule has 4 rings (SSSR count). The van der Waals surface area contributed by atoms with Gasteiger partial charge < -0.3 is 24.0 Å². The van der Waals surface area contributed by atoms with E-state index in [2.05, 4.69) is 15.0 Å². The summed E-state index contributed by atoms with van der Waals surface area (Å²) in [7, 11) is 4.92. The summed E-state index contributed by atoms with van der Waals surface area (Å²) in [5.41, 5.74) is 2.33. The normalized spacial score (nSPS) is 15.4. The number of hydrogen-bond donors (Lipinski definition) is 0. The fourth-order valence-electron chi connectivity index (χ4n) is 4.34. The summed E-state index contributed by atoms with van der Waals surface area (Å²) < 4.78 is 17.8. The first-order valence-corrected chi connectivity index (χ1v) is 12.5. The van der Waals surface area contributed by atoms with Gasteiger partial charge in [0.25, 0.3) is 5.56 Å². The maximum absolute atomic E-state index is 13.6. The van der Waals surface area contributed by atoms with Gasteiger partial charge in [0.2, 0.25) is 11.8 Å². The Morgan fingerprint density at radius 1 is 1.16 bits per heavy atom. The highest BCUT2D eigenvalue weighted by Crippen LogP contribution is 2.23. The largest absolute Gasteiger partial charge is 0.481 e. The lowest BCUT2D eigenvalue weighted by Gasteiger charge is -2.23. The van der Waals surface area contributed by atoms with E-state index in [1.54, 1.807) is 54.1 Å². The molecular weight excluding hydrogens is 476 g/mol. The minimum absolute atomic E-state index is 0.0338. The molecule has 1 atom stereocenters. The molecule has 0 N–H and O–H groups in total. The molecule has 198 valence electrons. The van der Waals surface area contributed by atoms with Gasteiger partial charge in [0.05, 0.1) is 31.9 Å². The van der Waals surface area contributed by atoms with Crippen LogP contribution in [0, 0.1) is 0 Å². The van der Waals surface area contributed by atoms with E-state index in [0.29, 0.717) is 49.9 Å². The molecule has 1 aliphatic heterocycles. The molecule has 3 aromatic heterocycles. The highest BCUT2D eigenvalue weighted by Gasteiger charge is 2.27. The van der Waals surface area contributed by atoms with Gasteiger partial charge in [-0.2, -0.15) is 0 Å². The molecule has 1 fully saturated rings. The van der Waals surface area contributed by atoms with Crippen LogP contribution in [0.3, 0.4) is 0 Å². The van der Waals surface area contributed by atoms with Crippen LogP contribution in [0.5, 0.6) is 5.88 Å². The van der Waals surface area contributed by atoms with Crippen LogP contribution in [0.4, 0.5) is 5.82 Å². The van der Waals surface area contributed by atoms with Crippen molar-refractivity contribution in [3.63, 3.8) is 0 Å². The predicted octanol–water partition coefficient (Wildman–Crippen LogP) is 1.97.